The van der Waals surface area contributed by atoms with Gasteiger partial charge in [0.2, 0.25) is 0 Å². The van der Waals surface area contributed by atoms with Crippen LogP contribution in [0.3, 0.4) is 0 Å². The summed E-state index contributed by atoms with van der Waals surface area (Å²) in [6, 6.07) is 0. The molecule has 0 spiro atoms. The van der Waals surface area contributed by atoms with Gasteiger partial charge in [0, 0.05) is 19.3 Å². The van der Waals surface area contributed by atoms with Gasteiger partial charge in [-0.3, -0.25) is 0 Å². The van der Waals surface area contributed by atoms with Gasteiger partial charge in [0.05, 0.1) is 6.26 Å². The molecule has 0 aromatic rings. The molecule has 48 valence electrons. The van der Waals surface area contributed by atoms with Gasteiger partial charge in [-0.1, -0.05) is 0 Å². The van der Waals surface area contributed by atoms with Crippen LogP contribution >= 0.6 is 0 Å². The molecule has 0 bridgehead atoms. The van der Waals surface area contributed by atoms with Gasteiger partial charge in [0.25, 0.3) is 0 Å². The van der Waals surface area contributed by atoms with E-state index in [9.17, 15) is 0 Å². The zero-order valence-electron chi connectivity index (χ0n) is 5.46. The molecule has 0 aliphatic heterocycles. The second-order valence-electron chi connectivity index (χ2n) is 1.52. The van der Waals surface area contributed by atoms with Gasteiger partial charge in [-0.25, -0.2) is 0 Å². The molecule has 0 atom stereocenters. The zero-order chi connectivity index (χ0) is 6.41. The van der Waals surface area contributed by atoms with E-state index in [0.29, 0.717) is 0 Å². The maximum Gasteiger partial charge on any atom is 0.0950 e. The molecule has 0 aromatic heterocycles. The van der Waals surface area contributed by atoms with Gasteiger partial charge in [-0.15, -0.1) is 0 Å². The van der Waals surface area contributed by atoms with Gasteiger partial charge >= 0.3 is 0 Å². The van der Waals surface area contributed by atoms with Crippen molar-refractivity contribution < 1.29 is 5.11 Å². The Morgan fingerprint density at radius 1 is 1.38 bits per heavy atom. The lowest BCUT2D eigenvalue weighted by atomic mass is 10.5. The average Bonchev–Trinajstić information content (AvgIpc) is 1.83. The van der Waals surface area contributed by atoms with Crippen molar-refractivity contribution in [3.8, 4) is 0 Å². The van der Waals surface area contributed by atoms with Crippen LogP contribution in [0.25, 0.3) is 0 Å². The van der Waals surface area contributed by atoms with Crippen molar-refractivity contribution in [3.05, 3.63) is 12.5 Å². The maximum absolute atomic E-state index is 8.28. The number of aliphatic hydroxyl groups is 1. The monoisotopic (exact) mass is 115 g/mol. The van der Waals surface area contributed by atoms with Crippen LogP contribution in [-0.2, 0) is 0 Å². The fourth-order valence-electron chi connectivity index (χ4n) is 0.529. The molecule has 0 aliphatic rings. The normalized spacial score (nSPS) is 10.2. The zero-order valence-corrected chi connectivity index (χ0v) is 5.46. The number of rotatable bonds is 3. The van der Waals surface area contributed by atoms with Crippen LogP contribution in [0.4, 0.5) is 0 Å². The molecule has 0 radical (unpaired) electrons. The summed E-state index contributed by atoms with van der Waals surface area (Å²) in [4.78, 5) is 2.00. The Balaban J connectivity index is 3.36. The summed E-state index contributed by atoms with van der Waals surface area (Å²) in [6.45, 7) is 5.99. The lowest BCUT2D eigenvalue weighted by molar-refractivity contribution is 0.388. The van der Waals surface area contributed by atoms with Crippen LogP contribution in [0, 0.1) is 0 Å². The van der Waals surface area contributed by atoms with E-state index in [-0.39, 0.29) is 0 Å². The summed E-state index contributed by atoms with van der Waals surface area (Å²) in [5.41, 5.74) is 0. The third-order valence-corrected chi connectivity index (χ3v) is 1.09. The molecule has 0 aromatic carbocycles. The number of aliphatic hydroxyl groups excluding tert-OH is 1. The van der Waals surface area contributed by atoms with Crippen LogP contribution in [0.15, 0.2) is 12.5 Å². The number of nitrogens with zero attached hydrogens (tertiary/aromatic N) is 1. The van der Waals surface area contributed by atoms with E-state index in [1.807, 2.05) is 18.7 Å². The molecular formula is C6H13NO. The lowest BCUT2D eigenvalue weighted by Crippen LogP contribution is -2.14. The van der Waals surface area contributed by atoms with Crippen LogP contribution < -0.4 is 0 Å². The van der Waals surface area contributed by atoms with Crippen LogP contribution in [0.5, 0.6) is 0 Å². The quantitative estimate of drug-likeness (QED) is 0.561. The van der Waals surface area contributed by atoms with Crippen molar-refractivity contribution in [2.45, 2.75) is 13.8 Å². The summed E-state index contributed by atoms with van der Waals surface area (Å²) < 4.78 is 0. The molecule has 0 aliphatic carbocycles. The highest BCUT2D eigenvalue weighted by molar-refractivity contribution is 4.71. The number of hydrogen-bond donors (Lipinski definition) is 1. The van der Waals surface area contributed by atoms with Gasteiger partial charge in [-0.2, -0.15) is 0 Å². The summed E-state index contributed by atoms with van der Waals surface area (Å²) in [5.74, 6) is 0. The van der Waals surface area contributed by atoms with E-state index in [4.69, 9.17) is 5.11 Å². The van der Waals surface area contributed by atoms with E-state index in [1.165, 1.54) is 0 Å². The third kappa shape index (κ3) is 2.50. The first-order chi connectivity index (χ1) is 3.85. The fourth-order valence-corrected chi connectivity index (χ4v) is 0.529. The maximum atomic E-state index is 8.28. The van der Waals surface area contributed by atoms with E-state index in [1.54, 1.807) is 6.20 Å². The van der Waals surface area contributed by atoms with Crippen LogP contribution in [0.2, 0.25) is 0 Å². The molecule has 0 heterocycles. The summed E-state index contributed by atoms with van der Waals surface area (Å²) >= 11 is 0. The van der Waals surface area contributed by atoms with Crippen molar-refractivity contribution in [1.29, 1.82) is 0 Å². The highest BCUT2D eigenvalue weighted by Crippen LogP contribution is 1.84. The van der Waals surface area contributed by atoms with E-state index in [2.05, 4.69) is 0 Å². The molecule has 2 nitrogen and oxygen atoms in total. The van der Waals surface area contributed by atoms with Crippen molar-refractivity contribution in [3.63, 3.8) is 0 Å². The Bertz CT molecular complexity index is 66.9. The van der Waals surface area contributed by atoms with Gasteiger partial charge in [0.1, 0.15) is 0 Å². The van der Waals surface area contributed by atoms with E-state index in [0.717, 1.165) is 19.4 Å². The van der Waals surface area contributed by atoms with Gasteiger partial charge < -0.3 is 10.0 Å². The molecule has 0 unspecified atom stereocenters. The Morgan fingerprint density at radius 3 is 2.00 bits per heavy atom. The highest BCUT2D eigenvalue weighted by atomic mass is 16.2. The van der Waals surface area contributed by atoms with E-state index >= 15 is 0 Å². The van der Waals surface area contributed by atoms with Crippen LogP contribution in [0.1, 0.15) is 13.8 Å². The fraction of sp³-hybridized carbons (Fsp3) is 0.667. The average molecular weight is 115 g/mol. The topological polar surface area (TPSA) is 23.5 Å². The van der Waals surface area contributed by atoms with E-state index < -0.39 is 0 Å². The standard InChI is InChI=1S/C6H13NO/c1-3-7(4-2)5-6-8/h5-6,8H,3-4H2,1-2H3/b6-5+. The van der Waals surface area contributed by atoms with Gasteiger partial charge in [0.15, 0.2) is 0 Å². The molecule has 8 heavy (non-hydrogen) atoms. The second-order valence-corrected chi connectivity index (χ2v) is 1.52. The highest BCUT2D eigenvalue weighted by Gasteiger charge is 1.85. The third-order valence-electron chi connectivity index (χ3n) is 1.09. The Kier molecular flexibility index (Phi) is 4.13. The van der Waals surface area contributed by atoms with Gasteiger partial charge in [-0.05, 0) is 13.8 Å². The summed E-state index contributed by atoms with van der Waals surface area (Å²) in [5, 5.41) is 8.28. The van der Waals surface area contributed by atoms with Crippen molar-refractivity contribution in [1.82, 2.24) is 4.90 Å². The second kappa shape index (κ2) is 4.50. The minimum absolute atomic E-state index is 0.952. The van der Waals surface area contributed by atoms with Crippen molar-refractivity contribution >= 4 is 0 Å². The van der Waals surface area contributed by atoms with Crippen LogP contribution in [-0.4, -0.2) is 23.1 Å². The lowest BCUT2D eigenvalue weighted by Gasteiger charge is -2.12. The smallest absolute Gasteiger partial charge is 0.0950 e. The predicted molar refractivity (Wildman–Crippen MR) is 34.7 cm³/mol. The Labute approximate surface area is 50.4 Å². The molecule has 0 saturated heterocycles. The minimum Gasteiger partial charge on any atom is -0.514 e. The minimum atomic E-state index is 0.952. The summed E-state index contributed by atoms with van der Waals surface area (Å²) in [6.07, 6.45) is 2.73. The van der Waals surface area contributed by atoms with Crippen molar-refractivity contribution in [2.75, 3.05) is 13.1 Å². The Hall–Kier alpha value is -0.660. The molecule has 0 amide bonds. The first kappa shape index (κ1) is 7.34. The SMILES string of the molecule is CCN(/C=C/O)CC. The predicted octanol–water partition coefficient (Wildman–Crippen LogP) is 1.36. The van der Waals surface area contributed by atoms with Crippen molar-refractivity contribution in [2.24, 2.45) is 0 Å². The number of hydrogen-bond acceptors (Lipinski definition) is 2. The first-order valence-corrected chi connectivity index (χ1v) is 2.90. The molecule has 1 N–H and O–H groups in total. The molecule has 0 rings (SSSR count). The Morgan fingerprint density at radius 2 is 1.88 bits per heavy atom. The largest absolute Gasteiger partial charge is 0.514 e. The molecule has 2 heteroatoms. The molecule has 0 fully saturated rings. The summed E-state index contributed by atoms with van der Waals surface area (Å²) in [7, 11) is 0. The first-order valence-electron chi connectivity index (χ1n) is 2.90. The molecular weight excluding hydrogens is 102 g/mol. The molecule has 0 saturated carbocycles.